The molecule has 0 saturated carbocycles. The maximum absolute atomic E-state index is 4.92. The molecule has 176 valence electrons. The first-order valence-corrected chi connectivity index (χ1v) is 13.0. The van der Waals surface area contributed by atoms with Crippen molar-refractivity contribution in [1.29, 1.82) is 0 Å². The quantitative estimate of drug-likeness (QED) is 0.359. The van der Waals surface area contributed by atoms with E-state index >= 15 is 0 Å². The first kappa shape index (κ1) is 24.0. The molecule has 1 aromatic heterocycles. The SMILES string of the molecule is CSc1ccc(CN2CCN(Cc3nc(NCCCN(C)C)c4ccccc4n3)CC2)cc1. The van der Waals surface area contributed by atoms with Gasteiger partial charge in [-0.25, -0.2) is 9.97 Å². The molecule has 0 radical (unpaired) electrons. The minimum atomic E-state index is 0.799. The van der Waals surface area contributed by atoms with Crippen LogP contribution in [0.3, 0.4) is 0 Å². The highest BCUT2D eigenvalue weighted by atomic mass is 32.2. The zero-order valence-electron chi connectivity index (χ0n) is 20.1. The Morgan fingerprint density at radius 1 is 0.909 bits per heavy atom. The minimum Gasteiger partial charge on any atom is -0.369 e. The number of aromatic nitrogens is 2. The lowest BCUT2D eigenvalue weighted by atomic mass is 10.2. The second-order valence-electron chi connectivity index (χ2n) is 8.99. The summed E-state index contributed by atoms with van der Waals surface area (Å²) >= 11 is 1.79. The molecular weight excluding hydrogens is 428 g/mol. The van der Waals surface area contributed by atoms with Gasteiger partial charge in [-0.2, -0.15) is 0 Å². The van der Waals surface area contributed by atoms with E-state index in [-0.39, 0.29) is 0 Å². The number of hydrogen-bond donors (Lipinski definition) is 1. The number of piperazine rings is 1. The smallest absolute Gasteiger partial charge is 0.145 e. The van der Waals surface area contributed by atoms with Gasteiger partial charge in [-0.3, -0.25) is 9.80 Å². The molecule has 2 aromatic carbocycles. The Balaban J connectivity index is 1.34. The molecule has 0 amide bonds. The van der Waals surface area contributed by atoms with Crippen LogP contribution in [0.4, 0.5) is 5.82 Å². The molecule has 1 aliphatic rings. The normalized spacial score (nSPS) is 15.4. The molecule has 1 N–H and O–H groups in total. The molecule has 3 aromatic rings. The summed E-state index contributed by atoms with van der Waals surface area (Å²) in [5, 5.41) is 4.66. The van der Waals surface area contributed by atoms with E-state index in [0.29, 0.717) is 0 Å². The van der Waals surface area contributed by atoms with E-state index in [1.807, 2.05) is 0 Å². The summed E-state index contributed by atoms with van der Waals surface area (Å²) in [4.78, 5) is 18.4. The highest BCUT2D eigenvalue weighted by molar-refractivity contribution is 7.98. The van der Waals surface area contributed by atoms with E-state index in [4.69, 9.17) is 9.97 Å². The van der Waals surface area contributed by atoms with Crippen LogP contribution < -0.4 is 5.32 Å². The van der Waals surface area contributed by atoms with Gasteiger partial charge < -0.3 is 10.2 Å². The van der Waals surface area contributed by atoms with Crippen molar-refractivity contribution in [2.45, 2.75) is 24.4 Å². The molecule has 4 rings (SSSR count). The molecule has 1 aliphatic heterocycles. The monoisotopic (exact) mass is 464 g/mol. The van der Waals surface area contributed by atoms with Crippen LogP contribution in [0, 0.1) is 0 Å². The molecule has 7 heteroatoms. The van der Waals surface area contributed by atoms with Crippen LogP contribution in [0.1, 0.15) is 17.8 Å². The largest absolute Gasteiger partial charge is 0.369 e. The Morgan fingerprint density at radius 2 is 1.61 bits per heavy atom. The summed E-state index contributed by atoms with van der Waals surface area (Å²) in [5.41, 5.74) is 2.41. The standard InChI is InChI=1S/C26H36N6S/c1-30(2)14-6-13-27-26-23-7-4-5-8-24(23)28-25(29-26)20-32-17-15-31(16-18-32)19-21-9-11-22(33-3)12-10-21/h4-5,7-12H,6,13-20H2,1-3H3,(H,27,28,29). The van der Waals surface area contributed by atoms with Crippen LogP contribution in [-0.4, -0.2) is 84.3 Å². The molecule has 1 fully saturated rings. The van der Waals surface area contributed by atoms with Crippen molar-refractivity contribution in [2.75, 3.05) is 64.9 Å². The lowest BCUT2D eigenvalue weighted by Crippen LogP contribution is -2.45. The third kappa shape index (κ3) is 6.90. The fraction of sp³-hybridized carbons (Fsp3) is 0.462. The number of anilines is 1. The van der Waals surface area contributed by atoms with Crippen molar-refractivity contribution in [3.8, 4) is 0 Å². The maximum atomic E-state index is 4.92. The van der Waals surface area contributed by atoms with Gasteiger partial charge in [-0.05, 0) is 63.1 Å². The molecule has 6 nitrogen and oxygen atoms in total. The lowest BCUT2D eigenvalue weighted by molar-refractivity contribution is 0.120. The van der Waals surface area contributed by atoms with E-state index in [0.717, 1.165) is 81.3 Å². The van der Waals surface area contributed by atoms with Crippen molar-refractivity contribution < 1.29 is 0 Å². The third-order valence-electron chi connectivity index (χ3n) is 6.12. The van der Waals surface area contributed by atoms with E-state index in [1.165, 1.54) is 10.5 Å². The summed E-state index contributed by atoms with van der Waals surface area (Å²) in [6.07, 6.45) is 3.21. The van der Waals surface area contributed by atoms with Crippen molar-refractivity contribution in [2.24, 2.45) is 0 Å². The van der Waals surface area contributed by atoms with Gasteiger partial charge in [-0.1, -0.05) is 24.3 Å². The Labute approximate surface area is 202 Å². The number of nitrogens with one attached hydrogen (secondary N) is 1. The van der Waals surface area contributed by atoms with Crippen molar-refractivity contribution in [3.63, 3.8) is 0 Å². The summed E-state index contributed by atoms with van der Waals surface area (Å²) in [7, 11) is 4.22. The summed E-state index contributed by atoms with van der Waals surface area (Å²) in [6.45, 7) is 8.05. The Morgan fingerprint density at radius 3 is 2.30 bits per heavy atom. The number of nitrogens with zero attached hydrogens (tertiary/aromatic N) is 5. The summed E-state index contributed by atoms with van der Waals surface area (Å²) < 4.78 is 0. The number of rotatable bonds is 10. The topological polar surface area (TPSA) is 47.5 Å². The average Bonchev–Trinajstić information content (AvgIpc) is 2.83. The fourth-order valence-corrected chi connectivity index (χ4v) is 4.64. The van der Waals surface area contributed by atoms with E-state index < -0.39 is 0 Å². The number of fused-ring (bicyclic) bond motifs is 1. The highest BCUT2D eigenvalue weighted by Gasteiger charge is 2.19. The Bertz CT molecular complexity index is 1010. The summed E-state index contributed by atoms with van der Waals surface area (Å²) in [5.74, 6) is 1.87. The highest BCUT2D eigenvalue weighted by Crippen LogP contribution is 2.21. The van der Waals surface area contributed by atoms with E-state index in [1.54, 1.807) is 11.8 Å². The lowest BCUT2D eigenvalue weighted by Gasteiger charge is -2.34. The van der Waals surface area contributed by atoms with Crippen molar-refractivity contribution in [3.05, 3.63) is 59.9 Å². The van der Waals surface area contributed by atoms with E-state index in [9.17, 15) is 0 Å². The van der Waals surface area contributed by atoms with Gasteiger partial charge in [0.1, 0.15) is 11.6 Å². The molecule has 1 saturated heterocycles. The first-order valence-electron chi connectivity index (χ1n) is 11.8. The molecule has 2 heterocycles. The average molecular weight is 465 g/mol. The van der Waals surface area contributed by atoms with Crippen LogP contribution in [-0.2, 0) is 13.1 Å². The fourth-order valence-electron chi connectivity index (χ4n) is 4.23. The molecular formula is C26H36N6S. The molecule has 0 atom stereocenters. The van der Waals surface area contributed by atoms with Gasteiger partial charge in [0.25, 0.3) is 0 Å². The van der Waals surface area contributed by atoms with Crippen molar-refractivity contribution in [1.82, 2.24) is 24.7 Å². The maximum Gasteiger partial charge on any atom is 0.145 e. The zero-order chi connectivity index (χ0) is 23.0. The van der Waals surface area contributed by atoms with Crippen molar-refractivity contribution >= 4 is 28.5 Å². The molecule has 33 heavy (non-hydrogen) atoms. The van der Waals surface area contributed by atoms with Crippen LogP contribution in [0.2, 0.25) is 0 Å². The van der Waals surface area contributed by atoms with E-state index in [2.05, 4.69) is 88.9 Å². The minimum absolute atomic E-state index is 0.799. The molecule has 0 spiro atoms. The van der Waals surface area contributed by atoms with Gasteiger partial charge in [0.2, 0.25) is 0 Å². The van der Waals surface area contributed by atoms with Gasteiger partial charge in [0, 0.05) is 49.6 Å². The second-order valence-corrected chi connectivity index (χ2v) is 9.87. The molecule has 0 aliphatic carbocycles. The predicted molar refractivity (Wildman–Crippen MR) is 140 cm³/mol. The first-order chi connectivity index (χ1) is 16.1. The second kappa shape index (κ2) is 11.8. The Hall–Kier alpha value is -2.19. The van der Waals surface area contributed by atoms with Crippen LogP contribution in [0.5, 0.6) is 0 Å². The molecule has 0 bridgehead atoms. The van der Waals surface area contributed by atoms with Crippen LogP contribution in [0.15, 0.2) is 53.4 Å². The van der Waals surface area contributed by atoms with Crippen LogP contribution >= 0.6 is 11.8 Å². The summed E-state index contributed by atoms with van der Waals surface area (Å²) in [6, 6.07) is 17.3. The third-order valence-corrected chi connectivity index (χ3v) is 6.86. The van der Waals surface area contributed by atoms with Crippen LogP contribution in [0.25, 0.3) is 10.9 Å². The number of hydrogen-bond acceptors (Lipinski definition) is 7. The van der Waals surface area contributed by atoms with Gasteiger partial charge in [0.15, 0.2) is 0 Å². The number of para-hydroxylation sites is 1. The number of thioether (sulfide) groups is 1. The number of benzene rings is 2. The van der Waals surface area contributed by atoms with Gasteiger partial charge >= 0.3 is 0 Å². The Kier molecular flexibility index (Phi) is 8.56. The van der Waals surface area contributed by atoms with Gasteiger partial charge in [-0.15, -0.1) is 11.8 Å². The molecule has 0 unspecified atom stereocenters. The predicted octanol–water partition coefficient (Wildman–Crippen LogP) is 4.03. The zero-order valence-corrected chi connectivity index (χ0v) is 20.9. The van der Waals surface area contributed by atoms with Gasteiger partial charge in [0.05, 0.1) is 12.1 Å².